The van der Waals surface area contributed by atoms with Crippen molar-refractivity contribution in [3.63, 3.8) is 0 Å². The number of anilines is 6. The van der Waals surface area contributed by atoms with E-state index in [4.69, 9.17) is 0 Å². The van der Waals surface area contributed by atoms with Crippen LogP contribution in [-0.4, -0.2) is 0 Å². The smallest absolute Gasteiger partial charge is 0.0468 e. The van der Waals surface area contributed by atoms with E-state index in [-0.39, 0.29) is 0 Å². The van der Waals surface area contributed by atoms with E-state index in [2.05, 4.69) is 295 Å². The van der Waals surface area contributed by atoms with E-state index in [1.54, 1.807) is 0 Å². The molecule has 2 heterocycles. The lowest BCUT2D eigenvalue weighted by Gasteiger charge is -2.28. The molecule has 0 spiro atoms. The molecule has 4 heteroatoms. The first-order chi connectivity index (χ1) is 36.7. The minimum atomic E-state index is 0.394. The maximum atomic E-state index is 2.44. The SMILES string of the molecule is C1=C(c2cccc(-c3c4ccc(N(c5ccccc5)c5ccccc5)cc4c(-c4cccc(-c5ccc(-c6ccccc6)s5)c4)c4ccc(N(c5ccccc5)c5ccccc5)cc34)c2)SC(c2ccccc2)C1. The van der Waals surface area contributed by atoms with E-state index in [0.29, 0.717) is 5.25 Å². The normalized spacial score (nSPS) is 13.2. The lowest BCUT2D eigenvalue weighted by Crippen LogP contribution is -2.10. The Morgan fingerprint density at radius 2 is 0.689 bits per heavy atom. The molecule has 0 fully saturated rings. The molecular formula is C70H50N2S2. The summed E-state index contributed by atoms with van der Waals surface area (Å²) in [6.07, 6.45) is 3.45. The van der Waals surface area contributed by atoms with Gasteiger partial charge in [0.2, 0.25) is 0 Å². The van der Waals surface area contributed by atoms with Crippen LogP contribution < -0.4 is 9.80 Å². The number of thioether (sulfide) groups is 1. The number of thiophene rings is 1. The molecule has 0 saturated carbocycles. The Morgan fingerprint density at radius 3 is 1.18 bits per heavy atom. The van der Waals surface area contributed by atoms with Crippen LogP contribution in [0.3, 0.4) is 0 Å². The summed E-state index contributed by atoms with van der Waals surface area (Å²) >= 11 is 3.82. The van der Waals surface area contributed by atoms with Gasteiger partial charge in [0.05, 0.1) is 0 Å². The molecule has 0 radical (unpaired) electrons. The van der Waals surface area contributed by atoms with Gasteiger partial charge in [0.1, 0.15) is 0 Å². The maximum Gasteiger partial charge on any atom is 0.0468 e. The second-order valence-corrected chi connectivity index (χ2v) is 21.1. The topological polar surface area (TPSA) is 6.48 Å². The Hall–Kier alpha value is -8.67. The zero-order chi connectivity index (χ0) is 49.2. The van der Waals surface area contributed by atoms with Gasteiger partial charge in [0.15, 0.2) is 0 Å². The maximum absolute atomic E-state index is 2.44. The van der Waals surface area contributed by atoms with Crippen LogP contribution in [0, 0.1) is 0 Å². The molecule has 1 unspecified atom stereocenters. The van der Waals surface area contributed by atoms with Gasteiger partial charge in [-0.3, -0.25) is 0 Å². The first-order valence-electron chi connectivity index (χ1n) is 25.3. The number of hydrogen-bond acceptors (Lipinski definition) is 4. The zero-order valence-electron chi connectivity index (χ0n) is 40.6. The molecule has 13 rings (SSSR count). The number of benzene rings is 11. The van der Waals surface area contributed by atoms with Crippen LogP contribution in [0.1, 0.15) is 22.8 Å². The molecule has 1 aliphatic rings. The van der Waals surface area contributed by atoms with Gasteiger partial charge in [0.25, 0.3) is 0 Å². The second kappa shape index (κ2) is 20.1. The summed E-state index contributed by atoms with van der Waals surface area (Å²) in [5.74, 6) is 0. The number of allylic oxidation sites excluding steroid dienone is 1. The van der Waals surface area contributed by atoms with E-state index < -0.39 is 0 Å². The summed E-state index contributed by atoms with van der Waals surface area (Å²) in [5, 5.41) is 5.16. The van der Waals surface area contributed by atoms with Crippen LogP contribution in [0.15, 0.2) is 285 Å². The van der Waals surface area contributed by atoms with Crippen molar-refractivity contribution in [2.45, 2.75) is 11.7 Å². The summed E-state index contributed by atoms with van der Waals surface area (Å²) in [7, 11) is 0. The average molecular weight is 983 g/mol. The van der Waals surface area contributed by atoms with E-state index in [1.165, 1.54) is 80.7 Å². The van der Waals surface area contributed by atoms with Gasteiger partial charge in [-0.1, -0.05) is 188 Å². The van der Waals surface area contributed by atoms with E-state index in [9.17, 15) is 0 Å². The summed E-state index contributed by atoms with van der Waals surface area (Å²) < 4.78 is 0. The van der Waals surface area contributed by atoms with Crippen LogP contribution >= 0.6 is 23.1 Å². The fourth-order valence-electron chi connectivity index (χ4n) is 10.7. The van der Waals surface area contributed by atoms with Crippen molar-refractivity contribution in [2.24, 2.45) is 0 Å². The highest BCUT2D eigenvalue weighted by Crippen LogP contribution is 2.52. The predicted molar refractivity (Wildman–Crippen MR) is 320 cm³/mol. The van der Waals surface area contributed by atoms with Crippen molar-refractivity contribution in [3.05, 3.63) is 296 Å². The largest absolute Gasteiger partial charge is 0.310 e. The van der Waals surface area contributed by atoms with Gasteiger partial charge in [-0.15, -0.1) is 23.1 Å². The third-order valence-electron chi connectivity index (χ3n) is 14.2. The Kier molecular flexibility index (Phi) is 12.3. The molecule has 0 amide bonds. The molecule has 0 N–H and O–H groups in total. The lowest BCUT2D eigenvalue weighted by atomic mass is 9.84. The van der Waals surface area contributed by atoms with Crippen LogP contribution in [0.2, 0.25) is 0 Å². The monoisotopic (exact) mass is 982 g/mol. The highest BCUT2D eigenvalue weighted by Gasteiger charge is 2.25. The fourth-order valence-corrected chi connectivity index (χ4v) is 13.0. The standard InChI is InChI=1S/C70H50N2S2/c1-7-21-49(22-8-1)65-41-43-67(73-65)51-25-19-27-53(45-51)69-61-39-37-60(72(57-33-15-5-16-34-57)58-35-17-6-18-36-58)48-64(61)70(54-28-20-26-52(46-54)68-44-42-66(74-68)50-23-9-2-10-24-50)62-40-38-59(47-63(62)69)71(55-29-11-3-12-30-55)56-31-13-4-14-32-56/h1-41,43-48,66H,42H2. The van der Waals surface area contributed by atoms with Gasteiger partial charge < -0.3 is 9.80 Å². The molecule has 1 aromatic heterocycles. The van der Waals surface area contributed by atoms with Crippen molar-refractivity contribution in [1.29, 1.82) is 0 Å². The molecule has 0 saturated heterocycles. The van der Waals surface area contributed by atoms with E-state index in [1.807, 2.05) is 23.1 Å². The molecule has 12 aromatic rings. The number of rotatable bonds is 12. The van der Waals surface area contributed by atoms with Gasteiger partial charge in [0, 0.05) is 54.0 Å². The number of para-hydroxylation sites is 4. The van der Waals surface area contributed by atoms with Crippen molar-refractivity contribution >= 4 is 83.7 Å². The molecule has 352 valence electrons. The second-order valence-electron chi connectivity index (χ2n) is 18.7. The molecule has 1 atom stereocenters. The zero-order valence-corrected chi connectivity index (χ0v) is 42.3. The summed E-state index contributed by atoms with van der Waals surface area (Å²) in [6, 6.07) is 102. The molecule has 11 aromatic carbocycles. The molecular weight excluding hydrogens is 933 g/mol. The summed E-state index contributed by atoms with van der Waals surface area (Å²) in [5.41, 5.74) is 16.4. The Morgan fingerprint density at radius 1 is 0.297 bits per heavy atom. The summed E-state index contributed by atoms with van der Waals surface area (Å²) in [6.45, 7) is 0. The predicted octanol–water partition coefficient (Wildman–Crippen LogP) is 20.9. The number of nitrogens with zero attached hydrogens (tertiary/aromatic N) is 2. The first kappa shape index (κ1) is 45.2. The van der Waals surface area contributed by atoms with Gasteiger partial charge in [-0.25, -0.2) is 0 Å². The van der Waals surface area contributed by atoms with Gasteiger partial charge in [-0.05, 0) is 170 Å². The van der Waals surface area contributed by atoms with E-state index >= 15 is 0 Å². The third kappa shape index (κ3) is 8.79. The van der Waals surface area contributed by atoms with Crippen LogP contribution in [-0.2, 0) is 0 Å². The number of fused-ring (bicyclic) bond motifs is 2. The van der Waals surface area contributed by atoms with Crippen molar-refractivity contribution in [1.82, 2.24) is 0 Å². The highest BCUT2D eigenvalue weighted by atomic mass is 32.2. The Bertz CT molecular complexity index is 3870. The highest BCUT2D eigenvalue weighted by molar-refractivity contribution is 8.08. The third-order valence-corrected chi connectivity index (χ3v) is 16.7. The van der Waals surface area contributed by atoms with Crippen LogP contribution in [0.5, 0.6) is 0 Å². The lowest BCUT2D eigenvalue weighted by molar-refractivity contribution is 0.991. The van der Waals surface area contributed by atoms with Crippen molar-refractivity contribution in [2.75, 3.05) is 9.80 Å². The van der Waals surface area contributed by atoms with Crippen LogP contribution in [0.4, 0.5) is 34.1 Å². The molecule has 0 bridgehead atoms. The minimum Gasteiger partial charge on any atom is -0.310 e. The summed E-state index contributed by atoms with van der Waals surface area (Å²) in [4.78, 5) is 8.60. The van der Waals surface area contributed by atoms with Crippen LogP contribution in [0.25, 0.3) is 69.6 Å². The fraction of sp³-hybridized carbons (Fsp3) is 0.0286. The van der Waals surface area contributed by atoms with E-state index in [0.717, 1.165) is 40.5 Å². The molecule has 0 aliphatic carbocycles. The number of hydrogen-bond donors (Lipinski definition) is 0. The molecule has 74 heavy (non-hydrogen) atoms. The molecule has 2 nitrogen and oxygen atoms in total. The average Bonchev–Trinajstić information content (AvgIpc) is 4.22. The van der Waals surface area contributed by atoms with Gasteiger partial charge >= 0.3 is 0 Å². The quantitative estimate of drug-likeness (QED) is 0.113. The Labute approximate surface area is 441 Å². The first-order valence-corrected chi connectivity index (χ1v) is 27.0. The van der Waals surface area contributed by atoms with Crippen molar-refractivity contribution in [3.8, 4) is 43.1 Å². The Balaban J connectivity index is 1.08. The molecule has 1 aliphatic heterocycles. The van der Waals surface area contributed by atoms with Crippen molar-refractivity contribution < 1.29 is 0 Å². The van der Waals surface area contributed by atoms with Gasteiger partial charge in [-0.2, -0.15) is 0 Å². The minimum absolute atomic E-state index is 0.394.